The van der Waals surface area contributed by atoms with E-state index in [1.54, 1.807) is 18.5 Å². The summed E-state index contributed by atoms with van der Waals surface area (Å²) in [5.74, 6) is -2.28. The fourth-order valence-corrected chi connectivity index (χ4v) is 3.35. The number of amides is 1. The van der Waals surface area contributed by atoms with E-state index >= 15 is 0 Å². The molecular formula is C23H19FN4O4. The Hall–Kier alpha value is -4.27. The molecule has 3 aromatic heterocycles. The highest BCUT2D eigenvalue weighted by Gasteiger charge is 2.21. The third kappa shape index (κ3) is 4.41. The third-order valence-corrected chi connectivity index (χ3v) is 4.95. The first kappa shape index (κ1) is 21.0. The van der Waals surface area contributed by atoms with Gasteiger partial charge in [-0.05, 0) is 48.0 Å². The van der Waals surface area contributed by atoms with E-state index in [1.165, 1.54) is 19.2 Å². The van der Waals surface area contributed by atoms with Crippen LogP contribution in [0.1, 0.15) is 28.5 Å². The van der Waals surface area contributed by atoms with Crippen LogP contribution in [0.25, 0.3) is 22.3 Å². The fourth-order valence-electron chi connectivity index (χ4n) is 3.35. The van der Waals surface area contributed by atoms with Crippen LogP contribution in [0.3, 0.4) is 0 Å². The normalized spacial score (nSPS) is 11.8. The van der Waals surface area contributed by atoms with Gasteiger partial charge in [0, 0.05) is 23.3 Å². The van der Waals surface area contributed by atoms with Crippen molar-refractivity contribution in [3.8, 4) is 17.0 Å². The number of aliphatic carboxylic acids is 1. The van der Waals surface area contributed by atoms with Crippen LogP contribution >= 0.6 is 0 Å². The Morgan fingerprint density at radius 2 is 2.06 bits per heavy atom. The number of hydrogen-bond donors (Lipinski definition) is 3. The lowest BCUT2D eigenvalue weighted by Gasteiger charge is -2.17. The number of carboxylic acids is 1. The maximum atomic E-state index is 14.1. The molecule has 1 atom stereocenters. The van der Waals surface area contributed by atoms with E-state index in [0.717, 1.165) is 11.5 Å². The Kier molecular flexibility index (Phi) is 5.80. The predicted molar refractivity (Wildman–Crippen MR) is 115 cm³/mol. The Morgan fingerprint density at radius 1 is 1.22 bits per heavy atom. The van der Waals surface area contributed by atoms with Crippen LogP contribution in [0.15, 0.2) is 60.9 Å². The molecule has 0 fully saturated rings. The molecule has 0 saturated carbocycles. The van der Waals surface area contributed by atoms with Gasteiger partial charge in [-0.3, -0.25) is 9.59 Å². The number of aromatic amines is 1. The maximum absolute atomic E-state index is 14.1. The summed E-state index contributed by atoms with van der Waals surface area (Å²) < 4.78 is 19.0. The number of fused-ring (bicyclic) bond motifs is 1. The van der Waals surface area contributed by atoms with E-state index < -0.39 is 30.2 Å². The van der Waals surface area contributed by atoms with E-state index in [-0.39, 0.29) is 11.4 Å². The van der Waals surface area contributed by atoms with Crippen molar-refractivity contribution in [2.24, 2.45) is 0 Å². The lowest BCUT2D eigenvalue weighted by Crippen LogP contribution is -2.30. The van der Waals surface area contributed by atoms with Crippen LogP contribution in [0.2, 0.25) is 0 Å². The summed E-state index contributed by atoms with van der Waals surface area (Å²) in [6.45, 7) is 0. The number of methoxy groups -OCH3 is 1. The van der Waals surface area contributed by atoms with Crippen molar-refractivity contribution in [3.05, 3.63) is 78.0 Å². The number of carbonyl (C=O) groups is 2. The minimum Gasteiger partial charge on any atom is -0.494 e. The summed E-state index contributed by atoms with van der Waals surface area (Å²) in [5.41, 5.74) is 2.42. The van der Waals surface area contributed by atoms with E-state index in [1.807, 2.05) is 24.3 Å². The van der Waals surface area contributed by atoms with E-state index in [9.17, 15) is 19.1 Å². The zero-order chi connectivity index (χ0) is 22.7. The van der Waals surface area contributed by atoms with Gasteiger partial charge in [0.15, 0.2) is 17.2 Å². The van der Waals surface area contributed by atoms with Crippen LogP contribution < -0.4 is 10.1 Å². The zero-order valence-electron chi connectivity index (χ0n) is 17.0. The van der Waals surface area contributed by atoms with Gasteiger partial charge in [-0.1, -0.05) is 6.07 Å². The minimum atomic E-state index is -1.13. The summed E-state index contributed by atoms with van der Waals surface area (Å²) in [6, 6.07) is 12.2. The molecule has 0 unspecified atom stereocenters. The lowest BCUT2D eigenvalue weighted by molar-refractivity contribution is -0.137. The molecule has 4 aromatic rings. The maximum Gasteiger partial charge on any atom is 0.305 e. The van der Waals surface area contributed by atoms with E-state index in [2.05, 4.69) is 20.3 Å². The second-order valence-electron chi connectivity index (χ2n) is 7.07. The van der Waals surface area contributed by atoms with Gasteiger partial charge in [-0.25, -0.2) is 14.4 Å². The standard InChI is InChI=1S/C23H19FN4O4/c1-32-20-7-5-14(9-16(20)24)18(11-21(29)30)28-23(31)19-10-15(12-26-19)17-6-4-13-3-2-8-25-22(13)27-17/h2-10,12,18,26H,11H2,1H3,(H,28,31)(H,29,30)/t18-/m0/s1. The third-order valence-electron chi connectivity index (χ3n) is 4.95. The van der Waals surface area contributed by atoms with Crippen molar-refractivity contribution in [1.82, 2.24) is 20.3 Å². The molecule has 9 heteroatoms. The van der Waals surface area contributed by atoms with E-state index in [0.29, 0.717) is 22.5 Å². The first-order valence-electron chi connectivity index (χ1n) is 9.71. The average molecular weight is 434 g/mol. The van der Waals surface area contributed by atoms with Crippen LogP contribution in [-0.4, -0.2) is 39.0 Å². The van der Waals surface area contributed by atoms with Crippen LogP contribution in [0.4, 0.5) is 4.39 Å². The largest absolute Gasteiger partial charge is 0.494 e. The Morgan fingerprint density at radius 3 is 2.81 bits per heavy atom. The Balaban J connectivity index is 1.56. The molecule has 8 nitrogen and oxygen atoms in total. The number of ether oxygens (including phenoxy) is 1. The van der Waals surface area contributed by atoms with Crippen LogP contribution in [0, 0.1) is 5.82 Å². The average Bonchev–Trinajstić information content (AvgIpc) is 3.28. The van der Waals surface area contributed by atoms with Crippen molar-refractivity contribution in [2.45, 2.75) is 12.5 Å². The highest BCUT2D eigenvalue weighted by molar-refractivity contribution is 5.94. The molecule has 4 rings (SSSR count). The van der Waals surface area contributed by atoms with Gasteiger partial charge in [0.05, 0.1) is 25.3 Å². The number of carboxylic acid groups (broad SMARTS) is 1. The minimum absolute atomic E-state index is 0.0283. The van der Waals surface area contributed by atoms with Crippen molar-refractivity contribution < 1.29 is 23.8 Å². The van der Waals surface area contributed by atoms with Crippen molar-refractivity contribution >= 4 is 22.9 Å². The number of rotatable bonds is 7. The molecule has 162 valence electrons. The van der Waals surface area contributed by atoms with Gasteiger partial charge in [0.1, 0.15) is 5.69 Å². The summed E-state index contributed by atoms with van der Waals surface area (Å²) in [5, 5.41) is 12.8. The molecule has 0 aliphatic carbocycles. The van der Waals surface area contributed by atoms with Gasteiger partial charge >= 0.3 is 5.97 Å². The summed E-state index contributed by atoms with van der Waals surface area (Å²) >= 11 is 0. The van der Waals surface area contributed by atoms with E-state index in [4.69, 9.17) is 4.74 Å². The molecule has 0 saturated heterocycles. The lowest BCUT2D eigenvalue weighted by atomic mass is 10.0. The molecule has 1 amide bonds. The van der Waals surface area contributed by atoms with Gasteiger partial charge in [0.25, 0.3) is 5.91 Å². The van der Waals surface area contributed by atoms with Gasteiger partial charge in [-0.2, -0.15) is 0 Å². The monoisotopic (exact) mass is 434 g/mol. The number of hydrogen-bond acceptors (Lipinski definition) is 5. The molecule has 0 spiro atoms. The second kappa shape index (κ2) is 8.84. The zero-order valence-corrected chi connectivity index (χ0v) is 17.0. The van der Waals surface area contributed by atoms with Crippen LogP contribution in [-0.2, 0) is 4.79 Å². The molecule has 3 heterocycles. The van der Waals surface area contributed by atoms with Gasteiger partial charge in [-0.15, -0.1) is 0 Å². The molecule has 0 aliphatic rings. The molecule has 1 aromatic carbocycles. The first-order valence-corrected chi connectivity index (χ1v) is 9.71. The molecule has 0 radical (unpaired) electrons. The van der Waals surface area contributed by atoms with Crippen molar-refractivity contribution in [3.63, 3.8) is 0 Å². The van der Waals surface area contributed by atoms with Gasteiger partial charge < -0.3 is 20.1 Å². The number of halogens is 1. The SMILES string of the molecule is COc1ccc([C@H](CC(=O)O)NC(=O)c2cc(-c3ccc4cccnc4n3)c[nH]2)cc1F. The molecule has 0 aliphatic heterocycles. The van der Waals surface area contributed by atoms with Crippen LogP contribution in [0.5, 0.6) is 5.75 Å². The summed E-state index contributed by atoms with van der Waals surface area (Å²) in [4.78, 5) is 35.7. The quantitative estimate of drug-likeness (QED) is 0.408. The summed E-state index contributed by atoms with van der Waals surface area (Å²) in [7, 11) is 1.33. The molecular weight excluding hydrogens is 415 g/mol. The number of H-pyrrole nitrogens is 1. The number of nitrogens with one attached hydrogen (secondary N) is 2. The number of benzene rings is 1. The predicted octanol–water partition coefficient (Wildman–Crippen LogP) is 3.72. The first-order chi connectivity index (χ1) is 15.4. The molecule has 0 bridgehead atoms. The van der Waals surface area contributed by atoms with Crippen molar-refractivity contribution in [1.29, 1.82) is 0 Å². The number of nitrogens with zero attached hydrogens (tertiary/aromatic N) is 2. The smallest absolute Gasteiger partial charge is 0.305 e. The fraction of sp³-hybridized carbons (Fsp3) is 0.130. The Labute approximate surface area is 182 Å². The Bertz CT molecular complexity index is 1300. The second-order valence-corrected chi connectivity index (χ2v) is 7.07. The number of carbonyl (C=O) groups excluding carboxylic acids is 1. The highest BCUT2D eigenvalue weighted by Crippen LogP contribution is 2.25. The summed E-state index contributed by atoms with van der Waals surface area (Å²) in [6.07, 6.45) is 2.87. The molecule has 32 heavy (non-hydrogen) atoms. The number of aromatic nitrogens is 3. The van der Waals surface area contributed by atoms with Gasteiger partial charge in [0.2, 0.25) is 0 Å². The van der Waals surface area contributed by atoms with Crippen molar-refractivity contribution in [2.75, 3.05) is 7.11 Å². The number of pyridine rings is 2. The highest BCUT2D eigenvalue weighted by atomic mass is 19.1. The molecule has 3 N–H and O–H groups in total. The topological polar surface area (TPSA) is 117 Å².